The molecule has 1 aliphatic heterocycles. The molecular formula is C22H33IN4O3. The molecule has 0 spiro atoms. The molecular weight excluding hydrogens is 495 g/mol. The Hall–Kier alpha value is -1.68. The maximum Gasteiger partial charge on any atom is 0.261 e. The molecule has 2 amide bonds. The lowest BCUT2D eigenvalue weighted by molar-refractivity contribution is 0.0657. The van der Waals surface area contributed by atoms with Gasteiger partial charge in [0, 0.05) is 39.9 Å². The number of ether oxygens (including phenoxy) is 1. The molecule has 7 nitrogen and oxygen atoms in total. The highest BCUT2D eigenvalue weighted by molar-refractivity contribution is 14.0. The van der Waals surface area contributed by atoms with E-state index in [0.29, 0.717) is 30.2 Å². The highest BCUT2D eigenvalue weighted by atomic mass is 127. The number of halogens is 1. The van der Waals surface area contributed by atoms with Crippen molar-refractivity contribution >= 4 is 41.8 Å². The van der Waals surface area contributed by atoms with Gasteiger partial charge < -0.3 is 15.4 Å². The maximum absolute atomic E-state index is 12.4. The number of nitrogens with zero attached hydrogens (tertiary/aromatic N) is 2. The second-order valence-corrected chi connectivity index (χ2v) is 7.81. The van der Waals surface area contributed by atoms with Crippen LogP contribution < -0.4 is 10.6 Å². The number of rotatable bonds is 9. The summed E-state index contributed by atoms with van der Waals surface area (Å²) in [4.78, 5) is 30.5. The van der Waals surface area contributed by atoms with E-state index in [1.54, 1.807) is 31.3 Å². The van der Waals surface area contributed by atoms with Crippen LogP contribution in [-0.4, -0.2) is 62.6 Å². The Labute approximate surface area is 196 Å². The Kier molecular flexibility index (Phi) is 9.54. The van der Waals surface area contributed by atoms with Crippen LogP contribution in [0.5, 0.6) is 0 Å². The molecule has 0 atom stereocenters. The molecule has 0 saturated heterocycles. The van der Waals surface area contributed by atoms with Gasteiger partial charge in [-0.1, -0.05) is 25.0 Å². The first-order valence-electron chi connectivity index (χ1n) is 10.6. The third-order valence-corrected chi connectivity index (χ3v) is 6.01. The minimum absolute atomic E-state index is 0. The predicted molar refractivity (Wildman–Crippen MR) is 129 cm³/mol. The summed E-state index contributed by atoms with van der Waals surface area (Å²) in [6.07, 6.45) is 6.00. The summed E-state index contributed by atoms with van der Waals surface area (Å²) in [6, 6.07) is 6.96. The Balaban J connectivity index is 0.00000320. The lowest BCUT2D eigenvalue weighted by atomic mass is 9.83. The Morgan fingerprint density at radius 1 is 1.13 bits per heavy atom. The minimum atomic E-state index is -0.226. The van der Waals surface area contributed by atoms with Crippen LogP contribution in [0.1, 0.15) is 59.7 Å². The van der Waals surface area contributed by atoms with Gasteiger partial charge in [-0.25, -0.2) is 0 Å². The highest BCUT2D eigenvalue weighted by Crippen LogP contribution is 2.40. The van der Waals surface area contributed by atoms with E-state index in [1.165, 1.54) is 30.6 Å². The van der Waals surface area contributed by atoms with Crippen LogP contribution in [0.25, 0.3) is 0 Å². The van der Waals surface area contributed by atoms with Crippen molar-refractivity contribution in [2.45, 2.75) is 39.0 Å². The van der Waals surface area contributed by atoms with Crippen molar-refractivity contribution in [3.63, 3.8) is 0 Å². The molecule has 0 unspecified atom stereocenters. The van der Waals surface area contributed by atoms with Gasteiger partial charge in [-0.3, -0.25) is 19.5 Å². The zero-order chi connectivity index (χ0) is 20.7. The van der Waals surface area contributed by atoms with Crippen molar-refractivity contribution in [1.82, 2.24) is 15.5 Å². The Bertz CT molecular complexity index is 728. The highest BCUT2D eigenvalue weighted by Gasteiger charge is 2.35. The number of fused-ring (bicyclic) bond motifs is 1. The summed E-state index contributed by atoms with van der Waals surface area (Å²) in [6.45, 7) is 5.20. The molecule has 0 aromatic heterocycles. The zero-order valence-corrected chi connectivity index (χ0v) is 20.2. The summed E-state index contributed by atoms with van der Waals surface area (Å²) in [5, 5.41) is 6.67. The molecule has 1 aliphatic carbocycles. The van der Waals surface area contributed by atoms with Crippen LogP contribution in [0.15, 0.2) is 29.3 Å². The van der Waals surface area contributed by atoms with E-state index < -0.39 is 0 Å². The molecule has 3 rings (SSSR count). The van der Waals surface area contributed by atoms with Gasteiger partial charge in [0.25, 0.3) is 11.8 Å². The largest absolute Gasteiger partial charge is 0.382 e. The lowest BCUT2D eigenvalue weighted by Gasteiger charge is -2.30. The standard InChI is InChI=1S/C22H32N4O3.HI/c1-3-29-15-12-22(10-6-7-11-22)16-25-21(23-2)24-13-14-26-19(27)17-8-4-5-9-18(17)20(26)28;/h4-5,8-9H,3,6-7,10-16H2,1-2H3,(H2,23,24,25);1H. The molecule has 2 aliphatic rings. The second kappa shape index (κ2) is 11.6. The third-order valence-electron chi connectivity index (χ3n) is 6.01. The number of imide groups is 1. The third kappa shape index (κ3) is 5.72. The fourth-order valence-corrected chi connectivity index (χ4v) is 4.29. The summed E-state index contributed by atoms with van der Waals surface area (Å²) >= 11 is 0. The molecule has 0 bridgehead atoms. The summed E-state index contributed by atoms with van der Waals surface area (Å²) in [5.41, 5.74) is 1.23. The number of benzene rings is 1. The number of nitrogens with one attached hydrogen (secondary N) is 2. The molecule has 1 heterocycles. The molecule has 2 N–H and O–H groups in total. The van der Waals surface area contributed by atoms with Gasteiger partial charge in [-0.15, -0.1) is 24.0 Å². The quantitative estimate of drug-likeness (QED) is 0.169. The zero-order valence-electron chi connectivity index (χ0n) is 17.9. The number of hydrogen-bond acceptors (Lipinski definition) is 4. The van der Waals surface area contributed by atoms with E-state index in [4.69, 9.17) is 4.74 Å². The van der Waals surface area contributed by atoms with Gasteiger partial charge in [0.05, 0.1) is 11.1 Å². The fraction of sp³-hybridized carbons (Fsp3) is 0.591. The van der Waals surface area contributed by atoms with Gasteiger partial charge >= 0.3 is 0 Å². The fourth-order valence-electron chi connectivity index (χ4n) is 4.29. The molecule has 1 aromatic carbocycles. The molecule has 8 heteroatoms. The van der Waals surface area contributed by atoms with E-state index in [2.05, 4.69) is 15.6 Å². The number of amides is 2. The molecule has 0 radical (unpaired) electrons. The monoisotopic (exact) mass is 528 g/mol. The van der Waals surface area contributed by atoms with Crippen LogP contribution >= 0.6 is 24.0 Å². The van der Waals surface area contributed by atoms with Crippen molar-refractivity contribution < 1.29 is 14.3 Å². The van der Waals surface area contributed by atoms with E-state index in [1.807, 2.05) is 6.92 Å². The Morgan fingerprint density at radius 3 is 2.33 bits per heavy atom. The van der Waals surface area contributed by atoms with E-state index in [-0.39, 0.29) is 41.2 Å². The van der Waals surface area contributed by atoms with E-state index in [0.717, 1.165) is 26.2 Å². The number of aliphatic imine (C=N–C) groups is 1. The van der Waals surface area contributed by atoms with E-state index >= 15 is 0 Å². The van der Waals surface area contributed by atoms with Crippen molar-refractivity contribution in [2.24, 2.45) is 10.4 Å². The topological polar surface area (TPSA) is 83.0 Å². The first-order chi connectivity index (χ1) is 14.1. The van der Waals surface area contributed by atoms with Crippen LogP contribution in [0.3, 0.4) is 0 Å². The average Bonchev–Trinajstić information content (AvgIpc) is 3.30. The van der Waals surface area contributed by atoms with Crippen LogP contribution in [-0.2, 0) is 4.74 Å². The molecule has 166 valence electrons. The molecule has 1 aromatic rings. The van der Waals surface area contributed by atoms with Gasteiger partial charge in [0.2, 0.25) is 0 Å². The van der Waals surface area contributed by atoms with Gasteiger partial charge in [0.15, 0.2) is 5.96 Å². The van der Waals surface area contributed by atoms with Gasteiger partial charge in [-0.2, -0.15) is 0 Å². The second-order valence-electron chi connectivity index (χ2n) is 7.81. The molecule has 1 fully saturated rings. The number of carbonyl (C=O) groups excluding carboxylic acids is 2. The summed E-state index contributed by atoms with van der Waals surface area (Å²) < 4.78 is 5.58. The predicted octanol–water partition coefficient (Wildman–Crippen LogP) is 3.05. The van der Waals surface area contributed by atoms with Gasteiger partial charge in [-0.05, 0) is 43.7 Å². The first-order valence-corrected chi connectivity index (χ1v) is 10.6. The first kappa shape index (κ1) is 24.6. The van der Waals surface area contributed by atoms with Gasteiger partial charge in [0.1, 0.15) is 0 Å². The number of hydrogen-bond donors (Lipinski definition) is 2. The average molecular weight is 528 g/mol. The van der Waals surface area contributed by atoms with E-state index in [9.17, 15) is 9.59 Å². The van der Waals surface area contributed by atoms with Crippen LogP contribution in [0.2, 0.25) is 0 Å². The summed E-state index contributed by atoms with van der Waals surface area (Å²) in [7, 11) is 1.73. The Morgan fingerprint density at radius 2 is 1.77 bits per heavy atom. The normalized spacial score (nSPS) is 17.7. The van der Waals surface area contributed by atoms with Crippen molar-refractivity contribution in [3.05, 3.63) is 35.4 Å². The number of carbonyl (C=O) groups is 2. The van der Waals surface area contributed by atoms with Crippen LogP contribution in [0.4, 0.5) is 0 Å². The van der Waals surface area contributed by atoms with Crippen molar-refractivity contribution in [3.8, 4) is 0 Å². The lowest BCUT2D eigenvalue weighted by Crippen LogP contribution is -2.46. The summed E-state index contributed by atoms with van der Waals surface area (Å²) in [5.74, 6) is 0.247. The SMILES string of the molecule is CCOCCC1(CNC(=NC)NCCN2C(=O)c3ccccc3C2=O)CCCC1.I. The molecule has 30 heavy (non-hydrogen) atoms. The maximum atomic E-state index is 12.4. The van der Waals surface area contributed by atoms with Crippen molar-refractivity contribution in [2.75, 3.05) is 39.9 Å². The molecule has 1 saturated carbocycles. The van der Waals surface area contributed by atoms with Crippen molar-refractivity contribution in [1.29, 1.82) is 0 Å². The van der Waals surface area contributed by atoms with Crippen LogP contribution in [0, 0.1) is 5.41 Å². The minimum Gasteiger partial charge on any atom is -0.382 e. The number of guanidine groups is 1. The smallest absolute Gasteiger partial charge is 0.261 e.